The van der Waals surface area contributed by atoms with Crippen LogP contribution in [0.3, 0.4) is 0 Å². The molecular formula is C14H25N3. The Hall–Kier alpha value is -0.830. The monoisotopic (exact) mass is 235 g/mol. The molecular weight excluding hydrogens is 210 g/mol. The summed E-state index contributed by atoms with van der Waals surface area (Å²) < 4.78 is 2.43. The Morgan fingerprint density at radius 1 is 1.35 bits per heavy atom. The van der Waals surface area contributed by atoms with E-state index in [2.05, 4.69) is 34.9 Å². The van der Waals surface area contributed by atoms with Crippen LogP contribution in [-0.2, 0) is 6.42 Å². The molecule has 1 heterocycles. The smallest absolute Gasteiger partial charge is 0.108 e. The Morgan fingerprint density at radius 2 is 2.18 bits per heavy atom. The SMILES string of the molecule is CCCc1nccn1C1CCCCC1NCC. The minimum absolute atomic E-state index is 0.618. The summed E-state index contributed by atoms with van der Waals surface area (Å²) >= 11 is 0. The third kappa shape index (κ3) is 2.89. The van der Waals surface area contributed by atoms with Crippen molar-refractivity contribution in [1.29, 1.82) is 0 Å². The normalized spacial score (nSPS) is 25.1. The number of aryl methyl sites for hydroxylation is 1. The highest BCUT2D eigenvalue weighted by atomic mass is 15.1. The van der Waals surface area contributed by atoms with Crippen molar-refractivity contribution in [2.45, 2.75) is 64.5 Å². The topological polar surface area (TPSA) is 29.9 Å². The van der Waals surface area contributed by atoms with E-state index in [4.69, 9.17) is 0 Å². The van der Waals surface area contributed by atoms with Crippen molar-refractivity contribution in [2.24, 2.45) is 0 Å². The maximum absolute atomic E-state index is 4.51. The molecule has 1 fully saturated rings. The molecule has 0 radical (unpaired) electrons. The average molecular weight is 235 g/mol. The molecule has 17 heavy (non-hydrogen) atoms. The van der Waals surface area contributed by atoms with Gasteiger partial charge in [-0.25, -0.2) is 4.98 Å². The summed E-state index contributed by atoms with van der Waals surface area (Å²) in [6.07, 6.45) is 11.7. The van der Waals surface area contributed by atoms with Gasteiger partial charge in [-0.2, -0.15) is 0 Å². The lowest BCUT2D eigenvalue weighted by Crippen LogP contribution is -2.40. The number of nitrogens with zero attached hydrogens (tertiary/aromatic N) is 2. The zero-order valence-electron chi connectivity index (χ0n) is 11.2. The van der Waals surface area contributed by atoms with Gasteiger partial charge < -0.3 is 9.88 Å². The van der Waals surface area contributed by atoms with Crippen molar-refractivity contribution in [3.8, 4) is 0 Å². The van der Waals surface area contributed by atoms with Crippen LogP contribution in [0.5, 0.6) is 0 Å². The maximum Gasteiger partial charge on any atom is 0.108 e. The molecule has 2 atom stereocenters. The molecule has 2 unspecified atom stereocenters. The predicted molar refractivity (Wildman–Crippen MR) is 71.2 cm³/mol. The Bertz CT molecular complexity index is 330. The first-order valence-corrected chi connectivity index (χ1v) is 7.11. The van der Waals surface area contributed by atoms with Crippen LogP contribution in [0, 0.1) is 0 Å². The number of nitrogens with one attached hydrogen (secondary N) is 1. The number of imidazole rings is 1. The summed E-state index contributed by atoms with van der Waals surface area (Å²) in [6, 6.07) is 1.26. The molecule has 1 N–H and O–H groups in total. The summed E-state index contributed by atoms with van der Waals surface area (Å²) in [6.45, 7) is 5.49. The van der Waals surface area contributed by atoms with Gasteiger partial charge in [-0.3, -0.25) is 0 Å². The molecule has 1 saturated carbocycles. The van der Waals surface area contributed by atoms with E-state index in [0.717, 1.165) is 13.0 Å². The second-order valence-corrected chi connectivity index (χ2v) is 5.02. The molecule has 1 aromatic heterocycles. The molecule has 3 nitrogen and oxygen atoms in total. The molecule has 1 aromatic rings. The van der Waals surface area contributed by atoms with Crippen LogP contribution in [0.25, 0.3) is 0 Å². The zero-order chi connectivity index (χ0) is 12.1. The number of aromatic nitrogens is 2. The minimum atomic E-state index is 0.618. The molecule has 0 aliphatic heterocycles. The van der Waals surface area contributed by atoms with Gasteiger partial charge in [-0.1, -0.05) is 26.7 Å². The van der Waals surface area contributed by atoms with E-state index in [9.17, 15) is 0 Å². The molecule has 0 aromatic carbocycles. The summed E-state index contributed by atoms with van der Waals surface area (Å²) in [4.78, 5) is 4.51. The first kappa shape index (κ1) is 12.6. The molecule has 96 valence electrons. The van der Waals surface area contributed by atoms with Crippen LogP contribution >= 0.6 is 0 Å². The van der Waals surface area contributed by atoms with Crippen LogP contribution in [0.1, 0.15) is 57.8 Å². The third-order valence-electron chi connectivity index (χ3n) is 3.78. The molecule has 0 saturated heterocycles. The molecule has 1 aliphatic carbocycles. The minimum Gasteiger partial charge on any atom is -0.330 e. The fourth-order valence-electron chi connectivity index (χ4n) is 3.01. The lowest BCUT2D eigenvalue weighted by atomic mass is 9.90. The highest BCUT2D eigenvalue weighted by Gasteiger charge is 2.26. The summed E-state index contributed by atoms with van der Waals surface area (Å²) in [7, 11) is 0. The van der Waals surface area contributed by atoms with Crippen LogP contribution in [0.4, 0.5) is 0 Å². The van der Waals surface area contributed by atoms with Gasteiger partial charge in [0.05, 0.1) is 6.04 Å². The summed E-state index contributed by atoms with van der Waals surface area (Å²) in [5.74, 6) is 1.27. The predicted octanol–water partition coefficient (Wildman–Crippen LogP) is 2.93. The van der Waals surface area contributed by atoms with Gasteiger partial charge >= 0.3 is 0 Å². The van der Waals surface area contributed by atoms with E-state index in [0.29, 0.717) is 12.1 Å². The second-order valence-electron chi connectivity index (χ2n) is 5.02. The standard InChI is InChI=1S/C14H25N3/c1-3-7-14-16-10-11-17(14)13-9-6-5-8-12(13)15-4-2/h10-13,15H,3-9H2,1-2H3. The fraction of sp³-hybridized carbons (Fsp3) is 0.786. The number of hydrogen-bond donors (Lipinski definition) is 1. The van der Waals surface area contributed by atoms with Gasteiger partial charge in [-0.05, 0) is 25.8 Å². The van der Waals surface area contributed by atoms with Crippen LogP contribution in [-0.4, -0.2) is 22.1 Å². The Balaban J connectivity index is 2.14. The van der Waals surface area contributed by atoms with Crippen LogP contribution < -0.4 is 5.32 Å². The van der Waals surface area contributed by atoms with Crippen molar-refractivity contribution in [1.82, 2.24) is 14.9 Å². The second kappa shape index (κ2) is 6.20. The zero-order valence-corrected chi connectivity index (χ0v) is 11.2. The van der Waals surface area contributed by atoms with Crippen LogP contribution in [0.15, 0.2) is 12.4 Å². The molecule has 1 aliphatic rings. The van der Waals surface area contributed by atoms with Crippen LogP contribution in [0.2, 0.25) is 0 Å². The lowest BCUT2D eigenvalue weighted by Gasteiger charge is -2.34. The number of rotatable bonds is 5. The van der Waals surface area contributed by atoms with E-state index < -0.39 is 0 Å². The quantitative estimate of drug-likeness (QED) is 0.850. The fourth-order valence-corrected chi connectivity index (χ4v) is 3.01. The van der Waals surface area contributed by atoms with Gasteiger partial charge in [0.2, 0.25) is 0 Å². The van der Waals surface area contributed by atoms with E-state index in [1.54, 1.807) is 0 Å². The average Bonchev–Trinajstić information content (AvgIpc) is 2.79. The summed E-state index contributed by atoms with van der Waals surface area (Å²) in [5.41, 5.74) is 0. The van der Waals surface area contributed by atoms with Crippen molar-refractivity contribution >= 4 is 0 Å². The largest absolute Gasteiger partial charge is 0.330 e. The Kier molecular flexibility index (Phi) is 4.60. The molecule has 0 spiro atoms. The first-order valence-electron chi connectivity index (χ1n) is 7.11. The molecule has 3 heteroatoms. The first-order chi connectivity index (χ1) is 8.36. The van der Waals surface area contributed by atoms with E-state index >= 15 is 0 Å². The molecule has 0 amide bonds. The summed E-state index contributed by atoms with van der Waals surface area (Å²) in [5, 5.41) is 3.64. The molecule has 0 bridgehead atoms. The van der Waals surface area contributed by atoms with Gasteiger partial charge in [0, 0.05) is 24.9 Å². The third-order valence-corrected chi connectivity index (χ3v) is 3.78. The Labute approximate surface area is 105 Å². The number of hydrogen-bond acceptors (Lipinski definition) is 2. The highest BCUT2D eigenvalue weighted by Crippen LogP contribution is 2.29. The molecule has 2 rings (SSSR count). The highest BCUT2D eigenvalue weighted by molar-refractivity contribution is 4.99. The Morgan fingerprint density at radius 3 is 2.94 bits per heavy atom. The van der Waals surface area contributed by atoms with E-state index in [1.165, 1.54) is 37.9 Å². The number of likely N-dealkylation sites (N-methyl/N-ethyl adjacent to an activating group) is 1. The van der Waals surface area contributed by atoms with Crippen molar-refractivity contribution < 1.29 is 0 Å². The van der Waals surface area contributed by atoms with E-state index in [-0.39, 0.29) is 0 Å². The van der Waals surface area contributed by atoms with Gasteiger partial charge in [0.1, 0.15) is 5.82 Å². The van der Waals surface area contributed by atoms with Crippen molar-refractivity contribution in [3.05, 3.63) is 18.2 Å². The van der Waals surface area contributed by atoms with Gasteiger partial charge in [0.15, 0.2) is 0 Å². The maximum atomic E-state index is 4.51. The lowest BCUT2D eigenvalue weighted by molar-refractivity contribution is 0.261. The van der Waals surface area contributed by atoms with Crippen molar-refractivity contribution in [3.63, 3.8) is 0 Å². The van der Waals surface area contributed by atoms with Gasteiger partial charge in [0.25, 0.3) is 0 Å². The van der Waals surface area contributed by atoms with Crippen molar-refractivity contribution in [2.75, 3.05) is 6.54 Å². The van der Waals surface area contributed by atoms with E-state index in [1.807, 2.05) is 6.20 Å². The van der Waals surface area contributed by atoms with Gasteiger partial charge in [-0.15, -0.1) is 0 Å².